The SMILES string of the molecule is CCNC(CSCC)c1ccc(OC2CC2)cc1. The highest BCUT2D eigenvalue weighted by molar-refractivity contribution is 7.99. The van der Waals surface area contributed by atoms with Gasteiger partial charge in [-0.2, -0.15) is 11.8 Å². The average molecular weight is 265 g/mol. The fraction of sp³-hybridized carbons (Fsp3) is 0.600. The molecule has 100 valence electrons. The van der Waals surface area contributed by atoms with Gasteiger partial charge in [-0.25, -0.2) is 0 Å². The first kappa shape index (κ1) is 13.8. The lowest BCUT2D eigenvalue weighted by Gasteiger charge is -2.18. The van der Waals surface area contributed by atoms with Crippen LogP contribution in [0.1, 0.15) is 38.3 Å². The highest BCUT2D eigenvalue weighted by Gasteiger charge is 2.23. The van der Waals surface area contributed by atoms with Crippen molar-refractivity contribution in [3.05, 3.63) is 29.8 Å². The molecule has 1 N–H and O–H groups in total. The molecule has 18 heavy (non-hydrogen) atoms. The Kier molecular flexibility index (Phi) is 5.39. The zero-order chi connectivity index (χ0) is 12.8. The highest BCUT2D eigenvalue weighted by atomic mass is 32.2. The average Bonchev–Trinajstić information content (AvgIpc) is 3.19. The minimum Gasteiger partial charge on any atom is -0.490 e. The molecule has 1 atom stereocenters. The molecule has 2 rings (SSSR count). The third kappa shape index (κ3) is 4.21. The first-order chi connectivity index (χ1) is 8.83. The van der Waals surface area contributed by atoms with Crippen molar-refractivity contribution >= 4 is 11.8 Å². The summed E-state index contributed by atoms with van der Waals surface area (Å²) < 4.78 is 5.78. The number of hydrogen-bond acceptors (Lipinski definition) is 3. The summed E-state index contributed by atoms with van der Waals surface area (Å²) in [5, 5.41) is 3.54. The molecule has 1 saturated carbocycles. The summed E-state index contributed by atoms with van der Waals surface area (Å²) in [7, 11) is 0. The van der Waals surface area contributed by atoms with E-state index in [0.29, 0.717) is 12.1 Å². The van der Waals surface area contributed by atoms with Crippen LogP contribution in [0, 0.1) is 0 Å². The van der Waals surface area contributed by atoms with E-state index < -0.39 is 0 Å². The van der Waals surface area contributed by atoms with E-state index in [1.165, 1.54) is 24.2 Å². The third-order valence-electron chi connectivity index (χ3n) is 3.05. The molecule has 1 unspecified atom stereocenters. The van der Waals surface area contributed by atoms with Crippen LogP contribution in [0.4, 0.5) is 0 Å². The molecule has 1 aromatic rings. The fourth-order valence-corrected chi connectivity index (χ4v) is 2.69. The van der Waals surface area contributed by atoms with Gasteiger partial charge in [-0.3, -0.25) is 0 Å². The quantitative estimate of drug-likeness (QED) is 0.775. The van der Waals surface area contributed by atoms with Crippen molar-refractivity contribution < 1.29 is 4.74 Å². The van der Waals surface area contributed by atoms with Crippen molar-refractivity contribution in [2.45, 2.75) is 38.8 Å². The van der Waals surface area contributed by atoms with Crippen molar-refractivity contribution in [2.24, 2.45) is 0 Å². The van der Waals surface area contributed by atoms with Gasteiger partial charge >= 0.3 is 0 Å². The zero-order valence-corrected chi connectivity index (χ0v) is 12.1. The molecule has 0 spiro atoms. The summed E-state index contributed by atoms with van der Waals surface area (Å²) >= 11 is 1.98. The zero-order valence-electron chi connectivity index (χ0n) is 11.3. The predicted molar refractivity (Wildman–Crippen MR) is 79.5 cm³/mol. The topological polar surface area (TPSA) is 21.3 Å². The Morgan fingerprint density at radius 1 is 1.28 bits per heavy atom. The molecule has 0 aliphatic heterocycles. The van der Waals surface area contributed by atoms with Crippen molar-refractivity contribution in [1.82, 2.24) is 5.32 Å². The molecule has 0 saturated heterocycles. The largest absolute Gasteiger partial charge is 0.490 e. The van der Waals surface area contributed by atoms with Crippen molar-refractivity contribution in [2.75, 3.05) is 18.1 Å². The lowest BCUT2D eigenvalue weighted by molar-refractivity contribution is 0.303. The molecule has 0 radical (unpaired) electrons. The number of hydrogen-bond donors (Lipinski definition) is 1. The van der Waals surface area contributed by atoms with Crippen LogP contribution < -0.4 is 10.1 Å². The molecule has 1 aromatic carbocycles. The second-order valence-corrected chi connectivity index (χ2v) is 5.97. The smallest absolute Gasteiger partial charge is 0.119 e. The van der Waals surface area contributed by atoms with Crippen LogP contribution in [-0.2, 0) is 0 Å². The molecule has 1 aliphatic carbocycles. The maximum absolute atomic E-state index is 5.78. The Hall–Kier alpha value is -0.670. The van der Waals surface area contributed by atoms with Crippen molar-refractivity contribution in [3.8, 4) is 5.75 Å². The number of ether oxygens (including phenoxy) is 1. The molecule has 0 amide bonds. The van der Waals surface area contributed by atoms with E-state index in [1.54, 1.807) is 0 Å². The molecule has 1 fully saturated rings. The predicted octanol–water partition coefficient (Wildman–Crippen LogP) is 3.63. The first-order valence-corrected chi connectivity index (χ1v) is 8.06. The van der Waals surface area contributed by atoms with Gasteiger partial charge in [-0.1, -0.05) is 26.0 Å². The Balaban J connectivity index is 1.95. The van der Waals surface area contributed by atoms with E-state index in [2.05, 4.69) is 43.4 Å². The van der Waals surface area contributed by atoms with Crippen LogP contribution >= 0.6 is 11.8 Å². The molecule has 0 heterocycles. The second kappa shape index (κ2) is 7.05. The Morgan fingerprint density at radius 2 is 2.00 bits per heavy atom. The van der Waals surface area contributed by atoms with Crippen molar-refractivity contribution in [3.63, 3.8) is 0 Å². The van der Waals surface area contributed by atoms with Gasteiger partial charge < -0.3 is 10.1 Å². The van der Waals surface area contributed by atoms with E-state index in [9.17, 15) is 0 Å². The van der Waals surface area contributed by atoms with Gasteiger partial charge in [0.2, 0.25) is 0 Å². The van der Waals surface area contributed by atoms with Crippen LogP contribution in [0.15, 0.2) is 24.3 Å². The summed E-state index contributed by atoms with van der Waals surface area (Å²) in [5.41, 5.74) is 1.36. The normalized spacial score (nSPS) is 16.6. The molecule has 2 nitrogen and oxygen atoms in total. The molecular formula is C15H23NOS. The lowest BCUT2D eigenvalue weighted by Crippen LogP contribution is -2.23. The summed E-state index contributed by atoms with van der Waals surface area (Å²) in [6.45, 7) is 5.38. The van der Waals surface area contributed by atoms with E-state index in [0.717, 1.165) is 18.0 Å². The van der Waals surface area contributed by atoms with Gasteiger partial charge in [-0.05, 0) is 42.8 Å². The monoisotopic (exact) mass is 265 g/mol. The summed E-state index contributed by atoms with van der Waals surface area (Å²) in [5.74, 6) is 3.32. The Labute approximate surface area is 114 Å². The Morgan fingerprint density at radius 3 is 2.56 bits per heavy atom. The van der Waals surface area contributed by atoms with Gasteiger partial charge in [0, 0.05) is 11.8 Å². The molecule has 1 aliphatic rings. The molecule has 0 bridgehead atoms. The minimum atomic E-state index is 0.454. The van der Waals surface area contributed by atoms with E-state index in [-0.39, 0.29) is 0 Å². The van der Waals surface area contributed by atoms with Crippen LogP contribution in [0.25, 0.3) is 0 Å². The third-order valence-corrected chi connectivity index (χ3v) is 4.03. The van der Waals surface area contributed by atoms with E-state index in [4.69, 9.17) is 4.74 Å². The number of thioether (sulfide) groups is 1. The fourth-order valence-electron chi connectivity index (χ4n) is 1.91. The van der Waals surface area contributed by atoms with Crippen LogP contribution in [0.3, 0.4) is 0 Å². The standard InChI is InChI=1S/C15H23NOS/c1-3-16-15(11-18-4-2)12-5-7-13(8-6-12)17-14-9-10-14/h5-8,14-16H,3-4,9-11H2,1-2H3. The summed E-state index contributed by atoms with van der Waals surface area (Å²) in [6, 6.07) is 9.06. The number of rotatable bonds is 8. The van der Waals surface area contributed by atoms with E-state index >= 15 is 0 Å². The maximum Gasteiger partial charge on any atom is 0.119 e. The lowest BCUT2D eigenvalue weighted by atomic mass is 10.1. The van der Waals surface area contributed by atoms with Gasteiger partial charge in [0.1, 0.15) is 5.75 Å². The van der Waals surface area contributed by atoms with Gasteiger partial charge in [0.25, 0.3) is 0 Å². The summed E-state index contributed by atoms with van der Waals surface area (Å²) in [4.78, 5) is 0. The summed E-state index contributed by atoms with van der Waals surface area (Å²) in [6.07, 6.45) is 2.92. The molecule has 0 aromatic heterocycles. The Bertz CT molecular complexity index is 348. The number of nitrogens with one attached hydrogen (secondary N) is 1. The first-order valence-electron chi connectivity index (χ1n) is 6.91. The maximum atomic E-state index is 5.78. The minimum absolute atomic E-state index is 0.454. The van der Waals surface area contributed by atoms with Crippen LogP contribution in [0.5, 0.6) is 5.75 Å². The van der Waals surface area contributed by atoms with Gasteiger partial charge in [0.15, 0.2) is 0 Å². The van der Waals surface area contributed by atoms with Gasteiger partial charge in [0.05, 0.1) is 6.10 Å². The number of benzene rings is 1. The van der Waals surface area contributed by atoms with E-state index in [1.807, 2.05) is 11.8 Å². The van der Waals surface area contributed by atoms with Crippen LogP contribution in [-0.4, -0.2) is 24.2 Å². The van der Waals surface area contributed by atoms with Gasteiger partial charge in [-0.15, -0.1) is 0 Å². The highest BCUT2D eigenvalue weighted by Crippen LogP contribution is 2.28. The van der Waals surface area contributed by atoms with Crippen LogP contribution in [0.2, 0.25) is 0 Å². The molecular weight excluding hydrogens is 242 g/mol. The van der Waals surface area contributed by atoms with Crippen molar-refractivity contribution in [1.29, 1.82) is 0 Å². The second-order valence-electron chi connectivity index (χ2n) is 4.66. The molecule has 3 heteroatoms.